The van der Waals surface area contributed by atoms with E-state index in [-0.39, 0.29) is 11.4 Å². The molecule has 0 aliphatic heterocycles. The van der Waals surface area contributed by atoms with Gasteiger partial charge in [-0.3, -0.25) is 14.6 Å². The van der Waals surface area contributed by atoms with Crippen LogP contribution in [0.4, 0.5) is 15.8 Å². The summed E-state index contributed by atoms with van der Waals surface area (Å²) in [5.41, 5.74) is 2.43. The number of rotatable bonds is 12. The van der Waals surface area contributed by atoms with Crippen molar-refractivity contribution >= 4 is 50.4 Å². The molecular weight excluding hydrogens is 531 g/mol. The third kappa shape index (κ3) is 7.78. The molecule has 0 unspecified atom stereocenters. The van der Waals surface area contributed by atoms with Gasteiger partial charge in [0, 0.05) is 56.0 Å². The van der Waals surface area contributed by atoms with E-state index < -0.39 is 24.1 Å². The van der Waals surface area contributed by atoms with E-state index in [2.05, 4.69) is 31.2 Å². The van der Waals surface area contributed by atoms with Crippen molar-refractivity contribution in [3.63, 3.8) is 0 Å². The first-order chi connectivity index (χ1) is 19.3. The number of carbonyl (C=O) groups excluding carboxylic acids is 2. The summed E-state index contributed by atoms with van der Waals surface area (Å²) in [5, 5.41) is 11.7. The molecule has 40 heavy (non-hydrogen) atoms. The van der Waals surface area contributed by atoms with Crippen molar-refractivity contribution in [2.24, 2.45) is 0 Å². The molecule has 4 rings (SSSR count). The normalized spacial score (nSPS) is 11.4. The number of carbonyl (C=O) groups is 2. The number of para-hydroxylation sites is 1. The number of ether oxygens (including phenoxy) is 1. The number of anilines is 2. The number of nitrogens with one attached hydrogen (secondary N) is 4. The summed E-state index contributed by atoms with van der Waals surface area (Å²) in [5.74, 6) is -1.23. The zero-order valence-electron chi connectivity index (χ0n) is 22.5. The number of aromatic nitrogens is 1. The molecule has 2 aromatic carbocycles. The summed E-state index contributed by atoms with van der Waals surface area (Å²) in [6.07, 6.45) is 3.13. The van der Waals surface area contributed by atoms with Gasteiger partial charge in [-0.05, 0) is 44.4 Å². The maximum absolute atomic E-state index is 15.0. The molecule has 2 aromatic heterocycles. The van der Waals surface area contributed by atoms with Crippen LogP contribution in [0.15, 0.2) is 73.1 Å². The van der Waals surface area contributed by atoms with Crippen molar-refractivity contribution in [1.82, 2.24) is 20.5 Å². The zero-order valence-corrected chi connectivity index (χ0v) is 23.3. The first-order valence-corrected chi connectivity index (χ1v) is 13.4. The number of halogens is 1. The summed E-state index contributed by atoms with van der Waals surface area (Å²) in [6.45, 7) is 1.70. The molecule has 0 radical (unpaired) electrons. The molecule has 0 saturated carbocycles. The third-order valence-electron chi connectivity index (χ3n) is 5.67. The quantitative estimate of drug-likeness (QED) is 0.144. The fourth-order valence-electron chi connectivity index (χ4n) is 3.71. The Balaban J connectivity index is 1.42. The van der Waals surface area contributed by atoms with Gasteiger partial charge in [-0.2, -0.15) is 0 Å². The lowest BCUT2D eigenvalue weighted by atomic mass is 10.2. The SMILES string of the molecule is CN/C(=C\NCCN(C)C)c1cc2nccc(Oc3ccc(NC(=O)CC(=O)Nc4ccccc4)cc3F)c2s1. The van der Waals surface area contributed by atoms with Crippen molar-refractivity contribution in [3.05, 3.63) is 83.8 Å². The summed E-state index contributed by atoms with van der Waals surface area (Å²) in [6, 6.07) is 16.6. The van der Waals surface area contributed by atoms with Crippen LogP contribution in [0.3, 0.4) is 0 Å². The molecule has 0 atom stereocenters. The van der Waals surface area contributed by atoms with E-state index in [9.17, 15) is 14.0 Å². The van der Waals surface area contributed by atoms with Crippen LogP contribution in [-0.4, -0.2) is 55.9 Å². The van der Waals surface area contributed by atoms with E-state index in [1.54, 1.807) is 36.5 Å². The van der Waals surface area contributed by atoms with Gasteiger partial charge in [0.2, 0.25) is 11.8 Å². The second-order valence-electron chi connectivity index (χ2n) is 9.09. The van der Waals surface area contributed by atoms with Crippen LogP contribution < -0.4 is 26.0 Å². The smallest absolute Gasteiger partial charge is 0.233 e. The van der Waals surface area contributed by atoms with Gasteiger partial charge in [-0.25, -0.2) is 4.39 Å². The maximum atomic E-state index is 15.0. The van der Waals surface area contributed by atoms with Gasteiger partial charge in [0.25, 0.3) is 0 Å². The second kappa shape index (κ2) is 13.5. The molecule has 2 amide bonds. The molecule has 0 bridgehead atoms. The monoisotopic (exact) mass is 562 g/mol. The van der Waals surface area contributed by atoms with Gasteiger partial charge in [-0.15, -0.1) is 11.3 Å². The molecule has 4 aromatic rings. The number of likely N-dealkylation sites (N-methyl/N-ethyl adjacent to an activating group) is 1. The minimum atomic E-state index is -0.658. The maximum Gasteiger partial charge on any atom is 0.233 e. The number of hydrogen-bond acceptors (Lipinski definition) is 8. The molecule has 0 spiro atoms. The predicted octanol–water partition coefficient (Wildman–Crippen LogP) is 4.86. The van der Waals surface area contributed by atoms with Gasteiger partial charge >= 0.3 is 0 Å². The van der Waals surface area contributed by atoms with Crippen LogP contribution in [0, 0.1) is 5.82 Å². The number of fused-ring (bicyclic) bond motifs is 1. The number of nitrogens with zero attached hydrogens (tertiary/aromatic N) is 2. The zero-order chi connectivity index (χ0) is 28.5. The average Bonchev–Trinajstić information content (AvgIpc) is 3.35. The number of amides is 2. The van der Waals surface area contributed by atoms with Crippen molar-refractivity contribution in [2.45, 2.75) is 6.42 Å². The highest BCUT2D eigenvalue weighted by Gasteiger charge is 2.15. The van der Waals surface area contributed by atoms with Crippen LogP contribution in [0.25, 0.3) is 15.9 Å². The Morgan fingerprint density at radius 1 is 1.00 bits per heavy atom. The van der Waals surface area contributed by atoms with Crippen LogP contribution in [-0.2, 0) is 9.59 Å². The van der Waals surface area contributed by atoms with Gasteiger partial charge in [0.05, 0.1) is 20.8 Å². The van der Waals surface area contributed by atoms with Crippen molar-refractivity contribution < 1.29 is 18.7 Å². The predicted molar refractivity (Wildman–Crippen MR) is 158 cm³/mol. The average molecular weight is 563 g/mol. The van der Waals surface area contributed by atoms with Gasteiger partial charge in [0.1, 0.15) is 12.2 Å². The number of benzene rings is 2. The Hall–Kier alpha value is -4.48. The molecule has 2 heterocycles. The van der Waals surface area contributed by atoms with E-state index in [0.29, 0.717) is 11.4 Å². The summed E-state index contributed by atoms with van der Waals surface area (Å²) < 4.78 is 21.6. The van der Waals surface area contributed by atoms with Crippen LogP contribution in [0.1, 0.15) is 11.3 Å². The highest BCUT2D eigenvalue weighted by Crippen LogP contribution is 2.37. The van der Waals surface area contributed by atoms with E-state index in [1.165, 1.54) is 23.5 Å². The van der Waals surface area contributed by atoms with Crippen LogP contribution in [0.2, 0.25) is 0 Å². The number of thiophene rings is 1. The van der Waals surface area contributed by atoms with Crippen LogP contribution in [0.5, 0.6) is 11.5 Å². The van der Waals surface area contributed by atoms with E-state index in [4.69, 9.17) is 4.74 Å². The Kier molecular flexibility index (Phi) is 9.66. The fourth-order valence-corrected chi connectivity index (χ4v) is 4.80. The highest BCUT2D eigenvalue weighted by molar-refractivity contribution is 7.20. The van der Waals surface area contributed by atoms with Crippen molar-refractivity contribution in [3.8, 4) is 11.5 Å². The van der Waals surface area contributed by atoms with Crippen molar-refractivity contribution in [2.75, 3.05) is 44.9 Å². The van der Waals surface area contributed by atoms with Gasteiger partial charge < -0.3 is 30.9 Å². The molecule has 11 heteroatoms. The van der Waals surface area contributed by atoms with Gasteiger partial charge in [0.15, 0.2) is 11.6 Å². The Bertz CT molecular complexity index is 1510. The minimum Gasteiger partial charge on any atom is -0.453 e. The van der Waals surface area contributed by atoms with E-state index in [0.717, 1.165) is 39.9 Å². The first kappa shape index (κ1) is 28.5. The molecule has 9 nitrogen and oxygen atoms in total. The van der Waals surface area contributed by atoms with Crippen molar-refractivity contribution in [1.29, 1.82) is 0 Å². The summed E-state index contributed by atoms with van der Waals surface area (Å²) >= 11 is 1.48. The first-order valence-electron chi connectivity index (χ1n) is 12.6. The standard InChI is InChI=1S/C29H31FN6O3S/c1-31-23(18-32-13-14-36(2)3)26-16-22-29(40-26)25(11-12-33-22)39-24-10-9-20(15-21(24)30)35-28(38)17-27(37)34-19-7-5-4-6-8-19/h4-12,15-16,18,31-32H,13-14,17H2,1-3H3,(H,34,37)(H,35,38)/b23-18-. The minimum absolute atomic E-state index is 0.00277. The Morgan fingerprint density at radius 3 is 2.45 bits per heavy atom. The molecule has 208 valence electrons. The van der Waals surface area contributed by atoms with Crippen LogP contribution >= 0.6 is 11.3 Å². The molecule has 0 saturated heterocycles. The van der Waals surface area contributed by atoms with Gasteiger partial charge in [-0.1, -0.05) is 18.2 Å². The molecule has 0 aliphatic carbocycles. The fraction of sp³-hybridized carbons (Fsp3) is 0.207. The second-order valence-corrected chi connectivity index (χ2v) is 10.1. The Labute approximate surface area is 236 Å². The number of pyridine rings is 1. The molecule has 0 fully saturated rings. The third-order valence-corrected chi connectivity index (χ3v) is 6.85. The van der Waals surface area contributed by atoms with E-state index in [1.807, 2.05) is 39.5 Å². The highest BCUT2D eigenvalue weighted by atomic mass is 32.1. The molecular formula is C29H31FN6O3S. The molecule has 0 aliphatic rings. The lowest BCUT2D eigenvalue weighted by molar-refractivity contribution is -0.123. The lowest BCUT2D eigenvalue weighted by Gasteiger charge is -2.10. The largest absolute Gasteiger partial charge is 0.453 e. The summed E-state index contributed by atoms with van der Waals surface area (Å²) in [7, 11) is 5.88. The summed E-state index contributed by atoms with van der Waals surface area (Å²) in [4.78, 5) is 31.9. The lowest BCUT2D eigenvalue weighted by Crippen LogP contribution is -2.24. The topological polar surface area (TPSA) is 108 Å². The van der Waals surface area contributed by atoms with E-state index >= 15 is 0 Å². The number of hydrogen-bond donors (Lipinski definition) is 4. The Morgan fingerprint density at radius 2 is 1.75 bits per heavy atom. The molecule has 4 N–H and O–H groups in total.